The molecule has 1 fully saturated rings. The monoisotopic (exact) mass is 216 g/mol. The van der Waals surface area contributed by atoms with Gasteiger partial charge in [0.15, 0.2) is 0 Å². The zero-order valence-electron chi connectivity index (χ0n) is 9.44. The first-order chi connectivity index (χ1) is 7.88. The molecule has 1 saturated heterocycles. The van der Waals surface area contributed by atoms with Crippen molar-refractivity contribution in [3.63, 3.8) is 0 Å². The molecule has 16 heavy (non-hydrogen) atoms. The van der Waals surface area contributed by atoms with Crippen LogP contribution in [0.2, 0.25) is 0 Å². The third kappa shape index (κ3) is 1.48. The molecule has 2 heterocycles. The van der Waals surface area contributed by atoms with E-state index in [2.05, 4.69) is 22.3 Å². The first-order valence-corrected chi connectivity index (χ1v) is 5.77. The number of hydrogen-bond acceptors (Lipinski definition) is 3. The summed E-state index contributed by atoms with van der Waals surface area (Å²) >= 11 is 0. The Balaban J connectivity index is 1.92. The fourth-order valence-corrected chi connectivity index (χ4v) is 2.47. The van der Waals surface area contributed by atoms with E-state index >= 15 is 0 Å². The summed E-state index contributed by atoms with van der Waals surface area (Å²) in [6.07, 6.45) is 3.00. The largest absolute Gasteiger partial charge is 0.464 e. The van der Waals surface area contributed by atoms with E-state index in [1.54, 1.807) is 6.26 Å². The van der Waals surface area contributed by atoms with Crippen LogP contribution in [0.5, 0.6) is 0 Å². The summed E-state index contributed by atoms with van der Waals surface area (Å²) in [7, 11) is 2.03. The van der Waals surface area contributed by atoms with Crippen molar-refractivity contribution in [3.05, 3.63) is 30.5 Å². The van der Waals surface area contributed by atoms with Crippen LogP contribution in [-0.4, -0.2) is 26.2 Å². The van der Waals surface area contributed by atoms with Gasteiger partial charge in [0.25, 0.3) is 0 Å². The summed E-state index contributed by atoms with van der Waals surface area (Å²) in [4.78, 5) is 2.43. The maximum atomic E-state index is 5.46. The summed E-state index contributed by atoms with van der Waals surface area (Å²) in [5.41, 5.74) is 2.52. The van der Waals surface area contributed by atoms with E-state index < -0.39 is 0 Å². The van der Waals surface area contributed by atoms with Gasteiger partial charge < -0.3 is 14.6 Å². The van der Waals surface area contributed by atoms with Crippen molar-refractivity contribution in [2.75, 3.05) is 25.0 Å². The number of nitrogens with zero attached hydrogens (tertiary/aromatic N) is 1. The van der Waals surface area contributed by atoms with Crippen molar-refractivity contribution in [1.29, 1.82) is 0 Å². The summed E-state index contributed by atoms with van der Waals surface area (Å²) in [5.74, 6) is 0.977. The molecule has 0 saturated carbocycles. The van der Waals surface area contributed by atoms with Crippen molar-refractivity contribution >= 4 is 5.69 Å². The Hall–Kier alpha value is -1.48. The zero-order valence-corrected chi connectivity index (χ0v) is 9.44. The van der Waals surface area contributed by atoms with Gasteiger partial charge in [-0.25, -0.2) is 0 Å². The van der Waals surface area contributed by atoms with Gasteiger partial charge in [-0.2, -0.15) is 0 Å². The second kappa shape index (κ2) is 3.83. The summed E-state index contributed by atoms with van der Waals surface area (Å²) in [5, 5.41) is 3.34. The van der Waals surface area contributed by atoms with Gasteiger partial charge in [-0.1, -0.05) is 6.07 Å². The molecule has 0 aromatic carbocycles. The van der Waals surface area contributed by atoms with E-state index in [0.29, 0.717) is 6.04 Å². The van der Waals surface area contributed by atoms with Crippen molar-refractivity contribution in [2.45, 2.75) is 12.5 Å². The molecule has 0 bridgehead atoms. The molecule has 3 nitrogen and oxygen atoms in total. The van der Waals surface area contributed by atoms with E-state index in [9.17, 15) is 0 Å². The number of nitrogens with one attached hydrogen (secondary N) is 1. The van der Waals surface area contributed by atoms with E-state index in [1.165, 1.54) is 17.7 Å². The molecule has 0 amide bonds. The van der Waals surface area contributed by atoms with E-state index in [1.807, 2.05) is 19.2 Å². The number of likely N-dealkylation sites (N-methyl/N-ethyl adjacent to an activating group) is 1. The van der Waals surface area contributed by atoms with Crippen LogP contribution >= 0.6 is 0 Å². The van der Waals surface area contributed by atoms with Crippen molar-refractivity contribution in [1.82, 2.24) is 5.32 Å². The lowest BCUT2D eigenvalue weighted by atomic mass is 10.2. The van der Waals surface area contributed by atoms with E-state index in [0.717, 1.165) is 18.8 Å². The normalized spacial score (nSPS) is 20.8. The van der Waals surface area contributed by atoms with Gasteiger partial charge >= 0.3 is 0 Å². The molecule has 0 radical (unpaired) electrons. The molecule has 1 atom stereocenters. The molecule has 3 heteroatoms. The zero-order chi connectivity index (χ0) is 11.0. The predicted molar refractivity (Wildman–Crippen MR) is 65.0 cm³/mol. The quantitative estimate of drug-likeness (QED) is 0.834. The molecule has 1 N–H and O–H groups in total. The Morgan fingerprint density at radius 3 is 3.12 bits per heavy atom. The van der Waals surface area contributed by atoms with Crippen LogP contribution in [0.4, 0.5) is 5.69 Å². The van der Waals surface area contributed by atoms with Crippen LogP contribution in [0.3, 0.4) is 0 Å². The molecular weight excluding hydrogens is 200 g/mol. The topological polar surface area (TPSA) is 28.4 Å². The second-order valence-electron chi connectivity index (χ2n) is 4.33. The minimum atomic E-state index is 0.613. The van der Waals surface area contributed by atoms with Crippen LogP contribution in [0.1, 0.15) is 6.42 Å². The molecule has 0 aromatic heterocycles. The molecule has 1 aliphatic carbocycles. The highest BCUT2D eigenvalue weighted by atomic mass is 16.3. The maximum absolute atomic E-state index is 5.46. The highest BCUT2D eigenvalue weighted by Crippen LogP contribution is 2.34. The minimum absolute atomic E-state index is 0.613. The van der Waals surface area contributed by atoms with Gasteiger partial charge in [0.2, 0.25) is 0 Å². The average molecular weight is 216 g/mol. The molecular formula is C13H16N2O. The maximum Gasteiger partial charge on any atom is 0.135 e. The van der Waals surface area contributed by atoms with E-state index in [4.69, 9.17) is 4.42 Å². The van der Waals surface area contributed by atoms with Crippen LogP contribution in [0, 0.1) is 0 Å². The number of anilines is 1. The smallest absolute Gasteiger partial charge is 0.135 e. The fourth-order valence-electron chi connectivity index (χ4n) is 2.47. The van der Waals surface area contributed by atoms with Crippen LogP contribution in [0.15, 0.2) is 34.9 Å². The fraction of sp³-hybridized carbons (Fsp3) is 0.385. The molecule has 2 aliphatic heterocycles. The molecule has 3 aliphatic rings. The van der Waals surface area contributed by atoms with Crippen molar-refractivity contribution < 1.29 is 4.42 Å². The van der Waals surface area contributed by atoms with Gasteiger partial charge in [-0.05, 0) is 31.7 Å². The number of fused-ring (bicyclic) bond motifs is 1. The number of rotatable bonds is 2. The predicted octanol–water partition coefficient (Wildman–Crippen LogP) is 2.18. The standard InChI is InChI=1S/C13H16N2O/c1-14-10-5-7-15(9-10)12-6-8-16-13-4-2-3-11(12)13/h2-4,6,8,10,14H,5,7,9H2,1H3/t10-/m1/s1. The summed E-state index contributed by atoms with van der Waals surface area (Å²) < 4.78 is 5.46. The van der Waals surface area contributed by atoms with Gasteiger partial charge in [-0.15, -0.1) is 0 Å². The molecule has 3 rings (SSSR count). The summed E-state index contributed by atoms with van der Waals surface area (Å²) in [6, 6.07) is 8.87. The first-order valence-electron chi connectivity index (χ1n) is 5.77. The van der Waals surface area contributed by atoms with Crippen LogP contribution in [0.25, 0.3) is 11.3 Å². The molecule has 0 spiro atoms. The number of hydrogen-bond donors (Lipinski definition) is 1. The Bertz CT molecular complexity index is 451. The third-order valence-electron chi connectivity index (χ3n) is 3.41. The van der Waals surface area contributed by atoms with Gasteiger partial charge in [0, 0.05) is 24.7 Å². The van der Waals surface area contributed by atoms with E-state index in [-0.39, 0.29) is 0 Å². The molecule has 84 valence electrons. The summed E-state index contributed by atoms with van der Waals surface area (Å²) in [6.45, 7) is 2.20. The lowest BCUT2D eigenvalue weighted by molar-refractivity contribution is 0.566. The molecule has 0 aromatic rings. The highest BCUT2D eigenvalue weighted by Gasteiger charge is 2.24. The highest BCUT2D eigenvalue weighted by molar-refractivity contribution is 5.77. The Labute approximate surface area is 95.4 Å². The van der Waals surface area contributed by atoms with Crippen molar-refractivity contribution in [3.8, 4) is 11.3 Å². The second-order valence-corrected chi connectivity index (χ2v) is 4.33. The van der Waals surface area contributed by atoms with Gasteiger partial charge in [0.05, 0.1) is 12.0 Å². The SMILES string of the molecule is CN[C@@H]1CCN(c2ccoc3cccc2-3)C1. The average Bonchev–Trinajstić information content (AvgIpc) is 2.97. The van der Waals surface area contributed by atoms with Crippen LogP contribution in [-0.2, 0) is 0 Å². The Morgan fingerprint density at radius 1 is 1.38 bits per heavy atom. The third-order valence-corrected chi connectivity index (χ3v) is 3.41. The van der Waals surface area contributed by atoms with Crippen molar-refractivity contribution in [2.24, 2.45) is 0 Å². The lowest BCUT2D eigenvalue weighted by Gasteiger charge is -2.21. The van der Waals surface area contributed by atoms with Gasteiger partial charge in [-0.3, -0.25) is 0 Å². The first kappa shape index (κ1) is 9.73. The minimum Gasteiger partial charge on any atom is -0.464 e. The Kier molecular flexibility index (Phi) is 2.33. The van der Waals surface area contributed by atoms with Crippen LogP contribution < -0.4 is 10.2 Å². The lowest BCUT2D eigenvalue weighted by Crippen LogP contribution is -2.29. The Morgan fingerprint density at radius 2 is 2.31 bits per heavy atom. The molecule has 0 unspecified atom stereocenters. The van der Waals surface area contributed by atoms with Gasteiger partial charge in [0.1, 0.15) is 5.76 Å².